The van der Waals surface area contributed by atoms with Gasteiger partial charge in [0.2, 0.25) is 0 Å². The van der Waals surface area contributed by atoms with Gasteiger partial charge in [-0.1, -0.05) is 41.4 Å². The Morgan fingerprint density at radius 3 is 2.80 bits per heavy atom. The zero-order valence-corrected chi connectivity index (χ0v) is 18.2. The van der Waals surface area contributed by atoms with Crippen molar-refractivity contribution in [1.29, 1.82) is 0 Å². The number of hydrogen-bond donors (Lipinski definition) is 1. The fraction of sp³-hybridized carbons (Fsp3) is 0.292. The number of aryl methyl sites for hydroxylation is 3. The summed E-state index contributed by atoms with van der Waals surface area (Å²) in [4.78, 5) is 13.6. The first-order valence-corrected chi connectivity index (χ1v) is 10.5. The molecule has 0 radical (unpaired) electrons. The maximum absolute atomic E-state index is 6.10. The van der Waals surface area contributed by atoms with Gasteiger partial charge in [-0.15, -0.1) is 0 Å². The zero-order valence-electron chi connectivity index (χ0n) is 17.4. The van der Waals surface area contributed by atoms with Gasteiger partial charge in [0.25, 0.3) is 0 Å². The summed E-state index contributed by atoms with van der Waals surface area (Å²) in [7, 11) is 0. The number of aliphatic imine (C=N–C) groups is 1. The van der Waals surface area contributed by atoms with Crippen LogP contribution in [0.4, 0.5) is 0 Å². The summed E-state index contributed by atoms with van der Waals surface area (Å²) in [5.41, 5.74) is 4.64. The van der Waals surface area contributed by atoms with Crippen molar-refractivity contribution in [3.8, 4) is 11.5 Å². The second kappa shape index (κ2) is 8.84. The Balaban J connectivity index is 1.57. The fourth-order valence-electron chi connectivity index (χ4n) is 3.64. The van der Waals surface area contributed by atoms with Crippen molar-refractivity contribution in [2.24, 2.45) is 4.99 Å². The third-order valence-corrected chi connectivity index (χ3v) is 5.41. The van der Waals surface area contributed by atoms with E-state index in [9.17, 15) is 0 Å². The van der Waals surface area contributed by atoms with Gasteiger partial charge in [0.05, 0.1) is 6.20 Å². The minimum absolute atomic E-state index is 0.285. The summed E-state index contributed by atoms with van der Waals surface area (Å²) in [6, 6.07) is 14.2. The number of amidine groups is 1. The molecule has 1 N–H and O–H groups in total. The molecule has 154 valence electrons. The molecule has 0 unspecified atom stereocenters. The highest BCUT2D eigenvalue weighted by molar-refractivity contribution is 6.30. The molecule has 0 aliphatic carbocycles. The van der Waals surface area contributed by atoms with Crippen molar-refractivity contribution >= 4 is 17.4 Å². The maximum Gasteiger partial charge on any atom is 0.175 e. The van der Waals surface area contributed by atoms with Crippen LogP contribution in [-0.4, -0.2) is 28.4 Å². The molecule has 4 rings (SSSR count). The minimum atomic E-state index is 0.285. The molecule has 2 aromatic carbocycles. The predicted octanol–water partition coefficient (Wildman–Crippen LogP) is 5.20. The van der Waals surface area contributed by atoms with Gasteiger partial charge in [-0.05, 0) is 62.9 Å². The van der Waals surface area contributed by atoms with Crippen LogP contribution < -0.4 is 10.1 Å². The van der Waals surface area contributed by atoms with Crippen molar-refractivity contribution in [3.05, 3.63) is 81.9 Å². The third-order valence-electron chi connectivity index (χ3n) is 5.18. The van der Waals surface area contributed by atoms with Crippen LogP contribution in [0.25, 0.3) is 0 Å². The van der Waals surface area contributed by atoms with Crippen LogP contribution in [0.2, 0.25) is 5.02 Å². The Kier molecular flexibility index (Phi) is 6.00. The number of benzene rings is 2. The van der Waals surface area contributed by atoms with E-state index < -0.39 is 0 Å². The predicted molar refractivity (Wildman–Crippen MR) is 121 cm³/mol. The van der Waals surface area contributed by atoms with Crippen molar-refractivity contribution in [3.63, 3.8) is 0 Å². The molecule has 2 heterocycles. The standard InChI is InChI=1S/C24H25ClN4O/c1-15-7-8-18(16(2)11-15)12-20-9-10-26-24(29-20)23-22(14-27-17(3)28-23)30-21-6-4-5-19(25)13-21/h4-8,11,13-14,20H,9-10,12H2,1-3H3,(H,26,29)/t20-/m0/s1. The number of aromatic nitrogens is 2. The molecule has 0 spiro atoms. The zero-order chi connectivity index (χ0) is 21.1. The summed E-state index contributed by atoms with van der Waals surface area (Å²) in [6.07, 6.45) is 3.61. The molecular weight excluding hydrogens is 396 g/mol. The third kappa shape index (κ3) is 4.79. The molecule has 0 amide bonds. The number of nitrogens with one attached hydrogen (secondary N) is 1. The van der Waals surface area contributed by atoms with E-state index in [2.05, 4.69) is 47.3 Å². The van der Waals surface area contributed by atoms with Crippen LogP contribution >= 0.6 is 11.6 Å². The van der Waals surface area contributed by atoms with E-state index in [0.717, 1.165) is 25.2 Å². The van der Waals surface area contributed by atoms with Gasteiger partial charge in [0, 0.05) is 17.6 Å². The molecule has 0 fully saturated rings. The lowest BCUT2D eigenvalue weighted by atomic mass is 9.97. The number of rotatable bonds is 5. The number of hydrogen-bond acceptors (Lipinski definition) is 5. The molecule has 0 saturated heterocycles. The van der Waals surface area contributed by atoms with Crippen LogP contribution in [0.15, 0.2) is 53.7 Å². The molecule has 0 bridgehead atoms. The van der Waals surface area contributed by atoms with E-state index in [1.165, 1.54) is 16.7 Å². The Bertz CT molecular complexity index is 1100. The summed E-state index contributed by atoms with van der Waals surface area (Å²) >= 11 is 6.10. The smallest absolute Gasteiger partial charge is 0.175 e. The molecule has 30 heavy (non-hydrogen) atoms. The molecule has 1 atom stereocenters. The Morgan fingerprint density at radius 2 is 2.00 bits per heavy atom. The van der Waals surface area contributed by atoms with Gasteiger partial charge in [0.15, 0.2) is 17.3 Å². The average molecular weight is 421 g/mol. The maximum atomic E-state index is 6.10. The van der Waals surface area contributed by atoms with Crippen LogP contribution in [0, 0.1) is 20.8 Å². The van der Waals surface area contributed by atoms with Crippen molar-refractivity contribution in [2.45, 2.75) is 39.7 Å². The first-order valence-electron chi connectivity index (χ1n) is 10.1. The fourth-order valence-corrected chi connectivity index (χ4v) is 3.82. The monoisotopic (exact) mass is 420 g/mol. The summed E-state index contributed by atoms with van der Waals surface area (Å²) in [5, 5.41) is 4.19. The van der Waals surface area contributed by atoms with Gasteiger partial charge < -0.3 is 10.1 Å². The van der Waals surface area contributed by atoms with E-state index in [4.69, 9.17) is 21.3 Å². The summed E-state index contributed by atoms with van der Waals surface area (Å²) in [6.45, 7) is 6.91. The lowest BCUT2D eigenvalue weighted by Crippen LogP contribution is -2.41. The van der Waals surface area contributed by atoms with E-state index in [0.29, 0.717) is 28.0 Å². The highest BCUT2D eigenvalue weighted by Gasteiger charge is 2.22. The second-order valence-electron chi connectivity index (χ2n) is 7.68. The van der Waals surface area contributed by atoms with Gasteiger partial charge >= 0.3 is 0 Å². The lowest BCUT2D eigenvalue weighted by molar-refractivity contribution is 0.473. The van der Waals surface area contributed by atoms with Crippen molar-refractivity contribution in [1.82, 2.24) is 15.3 Å². The van der Waals surface area contributed by atoms with Crippen molar-refractivity contribution < 1.29 is 4.74 Å². The van der Waals surface area contributed by atoms with Gasteiger partial charge in [0.1, 0.15) is 11.6 Å². The highest BCUT2D eigenvalue weighted by atomic mass is 35.5. The minimum Gasteiger partial charge on any atom is -0.453 e. The Hall–Kier alpha value is -2.92. The van der Waals surface area contributed by atoms with Crippen LogP contribution in [0.1, 0.15) is 34.6 Å². The van der Waals surface area contributed by atoms with Crippen molar-refractivity contribution in [2.75, 3.05) is 6.54 Å². The topological polar surface area (TPSA) is 59.4 Å². The van der Waals surface area contributed by atoms with Crippen LogP contribution in [0.5, 0.6) is 11.5 Å². The molecule has 1 aromatic heterocycles. The molecule has 3 aromatic rings. The van der Waals surface area contributed by atoms with E-state index in [-0.39, 0.29) is 6.04 Å². The number of halogens is 1. The van der Waals surface area contributed by atoms with Gasteiger partial charge in [-0.25, -0.2) is 9.97 Å². The lowest BCUT2D eigenvalue weighted by Gasteiger charge is -2.26. The number of ether oxygens (including phenoxy) is 1. The molecule has 1 aliphatic heterocycles. The van der Waals surface area contributed by atoms with Crippen LogP contribution in [0.3, 0.4) is 0 Å². The quantitative estimate of drug-likeness (QED) is 0.616. The second-order valence-corrected chi connectivity index (χ2v) is 8.12. The Labute approximate surface area is 182 Å². The highest BCUT2D eigenvalue weighted by Crippen LogP contribution is 2.27. The number of nitrogens with zero attached hydrogens (tertiary/aromatic N) is 3. The first kappa shape index (κ1) is 20.4. The van der Waals surface area contributed by atoms with E-state index in [1.807, 2.05) is 25.1 Å². The summed E-state index contributed by atoms with van der Waals surface area (Å²) in [5.74, 6) is 2.61. The first-order chi connectivity index (χ1) is 14.5. The van der Waals surface area contributed by atoms with E-state index in [1.54, 1.807) is 12.3 Å². The molecule has 0 saturated carbocycles. The molecule has 1 aliphatic rings. The normalized spacial score (nSPS) is 16.0. The molecule has 5 nitrogen and oxygen atoms in total. The summed E-state index contributed by atoms with van der Waals surface area (Å²) < 4.78 is 6.05. The Morgan fingerprint density at radius 1 is 1.13 bits per heavy atom. The SMILES string of the molecule is Cc1ccc(C[C@@H]2CCN=C(c3nc(C)ncc3Oc3cccc(Cl)c3)N2)c(C)c1. The molecule has 6 heteroatoms. The van der Waals surface area contributed by atoms with Gasteiger partial charge in [-0.2, -0.15) is 0 Å². The van der Waals surface area contributed by atoms with E-state index >= 15 is 0 Å². The average Bonchev–Trinajstić information content (AvgIpc) is 2.72. The largest absolute Gasteiger partial charge is 0.453 e. The van der Waals surface area contributed by atoms with Gasteiger partial charge in [-0.3, -0.25) is 4.99 Å². The van der Waals surface area contributed by atoms with Crippen LogP contribution in [-0.2, 0) is 6.42 Å². The molecular formula is C24H25ClN4O.